The number of aryl methyl sites for hydroxylation is 1. The first kappa shape index (κ1) is 15.6. The maximum absolute atomic E-state index is 12.7. The molecule has 0 radical (unpaired) electrons. The summed E-state index contributed by atoms with van der Waals surface area (Å²) in [5.41, 5.74) is 1.43. The van der Waals surface area contributed by atoms with Crippen LogP contribution >= 0.6 is 23.2 Å². The van der Waals surface area contributed by atoms with Gasteiger partial charge in [0.25, 0.3) is 5.91 Å². The second-order valence-electron chi connectivity index (χ2n) is 5.11. The fraction of sp³-hybridized carbons (Fsp3) is 0.0588. The van der Waals surface area contributed by atoms with Gasteiger partial charge in [-0.25, -0.2) is 4.90 Å². The zero-order valence-electron chi connectivity index (χ0n) is 12.0. The maximum atomic E-state index is 12.7. The molecule has 0 aliphatic carbocycles. The molecule has 0 bridgehead atoms. The van der Waals surface area contributed by atoms with Crippen molar-refractivity contribution in [1.82, 2.24) is 0 Å². The summed E-state index contributed by atoms with van der Waals surface area (Å²) in [6.07, 6.45) is 0. The fourth-order valence-electron chi connectivity index (χ4n) is 2.48. The van der Waals surface area contributed by atoms with Crippen molar-refractivity contribution in [2.24, 2.45) is 0 Å². The van der Waals surface area contributed by atoms with Gasteiger partial charge in [0, 0.05) is 10.0 Å². The van der Waals surface area contributed by atoms with Gasteiger partial charge in [0.1, 0.15) is 0 Å². The standard InChI is InChI=1S/C17H11Cl2NO3/c1-9-8-12(19)6-7-13(9)20-16(22)14(15(21)17(20)23)10-2-4-11(18)5-3-10/h2-8,21H,1H3. The molecule has 3 rings (SSSR count). The normalized spacial score (nSPS) is 14.8. The number of carbonyl (C=O) groups is 2. The number of anilines is 1. The smallest absolute Gasteiger partial charge is 0.301 e. The molecule has 0 saturated heterocycles. The molecule has 1 heterocycles. The van der Waals surface area contributed by atoms with E-state index >= 15 is 0 Å². The van der Waals surface area contributed by atoms with E-state index < -0.39 is 17.6 Å². The van der Waals surface area contributed by atoms with E-state index in [1.54, 1.807) is 49.4 Å². The monoisotopic (exact) mass is 347 g/mol. The molecule has 1 aliphatic rings. The average Bonchev–Trinajstić information content (AvgIpc) is 2.72. The van der Waals surface area contributed by atoms with Crippen LogP contribution in [-0.4, -0.2) is 16.9 Å². The second-order valence-corrected chi connectivity index (χ2v) is 5.98. The minimum atomic E-state index is -0.759. The Balaban J connectivity index is 2.07. The van der Waals surface area contributed by atoms with E-state index in [0.29, 0.717) is 26.9 Å². The van der Waals surface area contributed by atoms with Gasteiger partial charge in [-0.3, -0.25) is 9.59 Å². The highest BCUT2D eigenvalue weighted by Crippen LogP contribution is 2.34. The van der Waals surface area contributed by atoms with Crippen molar-refractivity contribution in [3.63, 3.8) is 0 Å². The van der Waals surface area contributed by atoms with Crippen molar-refractivity contribution in [3.05, 3.63) is 69.4 Å². The van der Waals surface area contributed by atoms with Crippen LogP contribution in [0, 0.1) is 6.92 Å². The molecule has 23 heavy (non-hydrogen) atoms. The van der Waals surface area contributed by atoms with Crippen molar-refractivity contribution < 1.29 is 14.7 Å². The van der Waals surface area contributed by atoms with Gasteiger partial charge in [-0.1, -0.05) is 35.3 Å². The van der Waals surface area contributed by atoms with Gasteiger partial charge in [0.05, 0.1) is 11.3 Å². The number of amides is 2. The summed E-state index contributed by atoms with van der Waals surface area (Å²) in [7, 11) is 0. The fourth-order valence-corrected chi connectivity index (χ4v) is 2.84. The number of halogens is 2. The van der Waals surface area contributed by atoms with E-state index in [1.165, 1.54) is 0 Å². The first-order chi connectivity index (χ1) is 10.9. The first-order valence-electron chi connectivity index (χ1n) is 6.74. The van der Waals surface area contributed by atoms with Gasteiger partial charge in [-0.15, -0.1) is 0 Å². The number of benzene rings is 2. The van der Waals surface area contributed by atoms with Crippen LogP contribution in [0.4, 0.5) is 5.69 Å². The lowest BCUT2D eigenvalue weighted by Crippen LogP contribution is -2.32. The van der Waals surface area contributed by atoms with Gasteiger partial charge >= 0.3 is 5.91 Å². The van der Waals surface area contributed by atoms with Gasteiger partial charge in [-0.05, 0) is 48.4 Å². The highest BCUT2D eigenvalue weighted by molar-refractivity contribution is 6.45. The average molecular weight is 348 g/mol. The van der Waals surface area contributed by atoms with E-state index in [9.17, 15) is 14.7 Å². The van der Waals surface area contributed by atoms with Crippen molar-refractivity contribution in [3.8, 4) is 0 Å². The topological polar surface area (TPSA) is 57.6 Å². The van der Waals surface area contributed by atoms with Crippen LogP contribution in [-0.2, 0) is 9.59 Å². The van der Waals surface area contributed by atoms with Crippen LogP contribution < -0.4 is 4.90 Å². The highest BCUT2D eigenvalue weighted by atomic mass is 35.5. The van der Waals surface area contributed by atoms with Crippen molar-refractivity contribution >= 4 is 46.3 Å². The van der Waals surface area contributed by atoms with E-state index in [4.69, 9.17) is 23.2 Å². The molecule has 0 saturated carbocycles. The highest BCUT2D eigenvalue weighted by Gasteiger charge is 2.40. The molecule has 2 aromatic rings. The van der Waals surface area contributed by atoms with Gasteiger partial charge in [-0.2, -0.15) is 0 Å². The second kappa shape index (κ2) is 5.72. The van der Waals surface area contributed by atoms with E-state index in [2.05, 4.69) is 0 Å². The van der Waals surface area contributed by atoms with Gasteiger partial charge in [0.15, 0.2) is 5.76 Å². The van der Waals surface area contributed by atoms with Gasteiger partial charge in [0.2, 0.25) is 0 Å². The number of carbonyl (C=O) groups excluding carboxylic acids is 2. The van der Waals surface area contributed by atoms with Crippen LogP contribution in [0.15, 0.2) is 48.2 Å². The summed E-state index contributed by atoms with van der Waals surface area (Å²) in [6, 6.07) is 11.1. The first-order valence-corrected chi connectivity index (χ1v) is 7.50. The molecule has 6 heteroatoms. The number of aliphatic hydroxyl groups excluding tert-OH is 1. The number of rotatable bonds is 2. The summed E-state index contributed by atoms with van der Waals surface area (Å²) in [5.74, 6) is -1.92. The molecule has 0 fully saturated rings. The largest absolute Gasteiger partial charge is 0.502 e. The molecule has 2 aromatic carbocycles. The maximum Gasteiger partial charge on any atom is 0.301 e. The lowest BCUT2D eigenvalue weighted by Gasteiger charge is -2.17. The van der Waals surface area contributed by atoms with Crippen LogP contribution in [0.2, 0.25) is 10.0 Å². The lowest BCUT2D eigenvalue weighted by molar-refractivity contribution is -0.121. The van der Waals surface area contributed by atoms with Crippen LogP contribution in [0.3, 0.4) is 0 Å². The molecule has 1 N–H and O–H groups in total. The molecule has 0 unspecified atom stereocenters. The van der Waals surface area contributed by atoms with Crippen LogP contribution in [0.5, 0.6) is 0 Å². The molecule has 0 atom stereocenters. The van der Waals surface area contributed by atoms with E-state index in [0.717, 1.165) is 4.90 Å². The third kappa shape index (κ3) is 2.60. The molecule has 0 aromatic heterocycles. The molecule has 116 valence electrons. The SMILES string of the molecule is Cc1cc(Cl)ccc1N1C(=O)C(O)=C(c2ccc(Cl)cc2)C1=O. The number of hydrogen-bond acceptors (Lipinski definition) is 3. The minimum absolute atomic E-state index is 0.0407. The third-order valence-electron chi connectivity index (χ3n) is 3.59. The summed E-state index contributed by atoms with van der Waals surface area (Å²) in [5, 5.41) is 11.1. The Morgan fingerprint density at radius 3 is 2.13 bits per heavy atom. The summed E-state index contributed by atoms with van der Waals surface area (Å²) >= 11 is 11.7. The zero-order chi connectivity index (χ0) is 16.7. The van der Waals surface area contributed by atoms with E-state index in [1.807, 2.05) is 0 Å². The molecule has 0 spiro atoms. The lowest BCUT2D eigenvalue weighted by atomic mass is 10.1. The molecular formula is C17H11Cl2NO3. The van der Waals surface area contributed by atoms with Crippen molar-refractivity contribution in [2.75, 3.05) is 4.90 Å². The Hall–Kier alpha value is -2.30. The predicted molar refractivity (Wildman–Crippen MR) is 89.7 cm³/mol. The Morgan fingerprint density at radius 1 is 0.913 bits per heavy atom. The van der Waals surface area contributed by atoms with Crippen molar-refractivity contribution in [1.29, 1.82) is 0 Å². The molecule has 1 aliphatic heterocycles. The van der Waals surface area contributed by atoms with Gasteiger partial charge < -0.3 is 5.11 Å². The number of imide groups is 1. The third-order valence-corrected chi connectivity index (χ3v) is 4.08. The zero-order valence-corrected chi connectivity index (χ0v) is 13.5. The summed E-state index contributed by atoms with van der Waals surface area (Å²) in [6.45, 7) is 1.74. The Labute approximate surface area is 142 Å². The minimum Gasteiger partial charge on any atom is -0.502 e. The summed E-state index contributed by atoms with van der Waals surface area (Å²) < 4.78 is 0. The van der Waals surface area contributed by atoms with Crippen molar-refractivity contribution in [2.45, 2.75) is 6.92 Å². The Bertz CT molecular complexity index is 857. The quantitative estimate of drug-likeness (QED) is 0.830. The number of aliphatic hydroxyl groups is 1. The van der Waals surface area contributed by atoms with Crippen LogP contribution in [0.1, 0.15) is 11.1 Å². The Morgan fingerprint density at radius 2 is 1.52 bits per heavy atom. The Kier molecular flexibility index (Phi) is 3.88. The molecular weight excluding hydrogens is 337 g/mol. The predicted octanol–water partition coefficient (Wildman–Crippen LogP) is 4.14. The van der Waals surface area contributed by atoms with E-state index in [-0.39, 0.29) is 5.57 Å². The van der Waals surface area contributed by atoms with Crippen LogP contribution in [0.25, 0.3) is 5.57 Å². The molecule has 2 amide bonds. The number of hydrogen-bond donors (Lipinski definition) is 1. The summed E-state index contributed by atoms with van der Waals surface area (Å²) in [4.78, 5) is 26.0. The number of nitrogens with zero attached hydrogens (tertiary/aromatic N) is 1. The molecule has 4 nitrogen and oxygen atoms in total.